The second kappa shape index (κ2) is 5.20. The van der Waals surface area contributed by atoms with Gasteiger partial charge in [0, 0.05) is 11.9 Å². The van der Waals surface area contributed by atoms with Gasteiger partial charge in [-0.3, -0.25) is 0 Å². The van der Waals surface area contributed by atoms with Gasteiger partial charge in [-0.05, 0) is 18.0 Å². The van der Waals surface area contributed by atoms with Gasteiger partial charge in [0.1, 0.15) is 0 Å². The molecule has 2 aromatic carbocycles. The minimum atomic E-state index is 0.751. The van der Waals surface area contributed by atoms with Gasteiger partial charge in [-0.2, -0.15) is 0 Å². The highest BCUT2D eigenvalue weighted by Gasteiger charge is 2.05. The van der Waals surface area contributed by atoms with Crippen molar-refractivity contribution >= 4 is 10.8 Å². The Morgan fingerprint density at radius 2 is 1.95 bits per heavy atom. The maximum absolute atomic E-state index is 4.22. The van der Waals surface area contributed by atoms with Crippen molar-refractivity contribution in [2.45, 2.75) is 13.5 Å². The normalized spacial score (nSPS) is 11.0. The molecule has 4 nitrogen and oxygen atoms in total. The first-order valence-corrected chi connectivity index (χ1v) is 6.48. The van der Waals surface area contributed by atoms with Crippen LogP contribution in [-0.2, 0) is 6.54 Å². The van der Waals surface area contributed by atoms with E-state index in [1.807, 2.05) is 29.1 Å². The summed E-state index contributed by atoms with van der Waals surface area (Å²) < 4.78 is 1.84. The molecule has 3 rings (SSSR count). The van der Waals surface area contributed by atoms with Crippen LogP contribution in [0.15, 0.2) is 48.7 Å². The quantitative estimate of drug-likeness (QED) is 0.776. The Morgan fingerprint density at radius 3 is 2.84 bits per heavy atom. The number of fused-ring (bicyclic) bond motifs is 1. The summed E-state index contributed by atoms with van der Waals surface area (Å²) in [6.07, 6.45) is 1.98. The Balaban J connectivity index is 2.02. The largest absolute Gasteiger partial charge is 0.311 e. The lowest BCUT2D eigenvalue weighted by Crippen LogP contribution is -2.11. The van der Waals surface area contributed by atoms with Crippen LogP contribution in [0.2, 0.25) is 0 Å². The summed E-state index contributed by atoms with van der Waals surface area (Å²) in [5, 5.41) is 14.1. The molecular weight excluding hydrogens is 236 g/mol. The summed E-state index contributed by atoms with van der Waals surface area (Å²) in [4.78, 5) is 0. The van der Waals surface area contributed by atoms with Gasteiger partial charge < -0.3 is 5.32 Å². The van der Waals surface area contributed by atoms with Gasteiger partial charge in [0.05, 0.1) is 17.6 Å². The van der Waals surface area contributed by atoms with Gasteiger partial charge in [0.15, 0.2) is 0 Å². The lowest BCUT2D eigenvalue weighted by molar-refractivity contribution is 0.705. The van der Waals surface area contributed by atoms with Crippen molar-refractivity contribution in [1.29, 1.82) is 0 Å². The summed E-state index contributed by atoms with van der Waals surface area (Å²) in [7, 11) is 0. The molecule has 0 aliphatic heterocycles. The Bertz CT molecular complexity index is 682. The minimum absolute atomic E-state index is 0.751. The highest BCUT2D eigenvalue weighted by Crippen LogP contribution is 2.21. The van der Waals surface area contributed by atoms with Crippen molar-refractivity contribution in [3.05, 3.63) is 54.4 Å². The number of hydrogen-bond acceptors (Lipinski definition) is 3. The Kier molecular flexibility index (Phi) is 3.25. The third-order valence-corrected chi connectivity index (χ3v) is 3.11. The first-order valence-electron chi connectivity index (χ1n) is 6.48. The van der Waals surface area contributed by atoms with Gasteiger partial charge in [-0.25, -0.2) is 4.68 Å². The SMILES string of the molecule is CCNCc1cn(-c2cccc3ccccc23)nn1. The lowest BCUT2D eigenvalue weighted by atomic mass is 10.1. The molecule has 96 valence electrons. The molecule has 0 spiro atoms. The molecule has 0 bridgehead atoms. The van der Waals surface area contributed by atoms with Gasteiger partial charge in [-0.15, -0.1) is 5.10 Å². The van der Waals surface area contributed by atoms with Crippen LogP contribution in [0.1, 0.15) is 12.6 Å². The highest BCUT2D eigenvalue weighted by atomic mass is 15.4. The van der Waals surface area contributed by atoms with Gasteiger partial charge in [-0.1, -0.05) is 48.5 Å². The molecule has 1 aromatic heterocycles. The van der Waals surface area contributed by atoms with E-state index in [4.69, 9.17) is 0 Å². The molecular formula is C15H16N4. The lowest BCUT2D eigenvalue weighted by Gasteiger charge is -2.05. The van der Waals surface area contributed by atoms with Gasteiger partial charge >= 0.3 is 0 Å². The van der Waals surface area contributed by atoms with Crippen LogP contribution in [0.4, 0.5) is 0 Å². The van der Waals surface area contributed by atoms with Crippen molar-refractivity contribution in [3.8, 4) is 5.69 Å². The van der Waals surface area contributed by atoms with Gasteiger partial charge in [0.25, 0.3) is 0 Å². The van der Waals surface area contributed by atoms with Gasteiger partial charge in [0.2, 0.25) is 0 Å². The van der Waals surface area contributed by atoms with E-state index >= 15 is 0 Å². The standard InChI is InChI=1S/C15H16N4/c1-2-16-10-13-11-19(18-17-13)15-9-5-7-12-6-3-4-8-14(12)15/h3-9,11,16H,2,10H2,1H3. The monoisotopic (exact) mass is 252 g/mol. The number of rotatable bonds is 4. The van der Waals surface area contributed by atoms with E-state index < -0.39 is 0 Å². The summed E-state index contributed by atoms with van der Waals surface area (Å²) in [5.41, 5.74) is 2.02. The summed E-state index contributed by atoms with van der Waals surface area (Å²) >= 11 is 0. The second-order valence-corrected chi connectivity index (χ2v) is 4.43. The van der Waals surface area contributed by atoms with Crippen molar-refractivity contribution < 1.29 is 0 Å². The number of hydrogen-bond donors (Lipinski definition) is 1. The predicted molar refractivity (Wildman–Crippen MR) is 76.2 cm³/mol. The minimum Gasteiger partial charge on any atom is -0.311 e. The van der Waals surface area contributed by atoms with E-state index in [-0.39, 0.29) is 0 Å². The fraction of sp³-hybridized carbons (Fsp3) is 0.200. The van der Waals surface area contributed by atoms with E-state index in [2.05, 4.69) is 46.8 Å². The fourth-order valence-electron chi connectivity index (χ4n) is 2.16. The number of benzene rings is 2. The number of nitrogens with zero attached hydrogens (tertiary/aromatic N) is 3. The van der Waals surface area contributed by atoms with E-state index in [1.54, 1.807) is 0 Å². The van der Waals surface area contributed by atoms with E-state index in [0.29, 0.717) is 0 Å². The van der Waals surface area contributed by atoms with E-state index in [9.17, 15) is 0 Å². The molecule has 0 fully saturated rings. The molecule has 0 atom stereocenters. The maximum atomic E-state index is 4.22. The fourth-order valence-corrected chi connectivity index (χ4v) is 2.16. The van der Waals surface area contributed by atoms with Crippen LogP contribution in [0.25, 0.3) is 16.5 Å². The molecule has 4 heteroatoms. The molecule has 1 heterocycles. The number of nitrogens with one attached hydrogen (secondary N) is 1. The third kappa shape index (κ3) is 2.35. The molecule has 0 unspecified atom stereocenters. The Morgan fingerprint density at radius 1 is 1.11 bits per heavy atom. The average molecular weight is 252 g/mol. The summed E-state index contributed by atoms with van der Waals surface area (Å²) in [5.74, 6) is 0. The van der Waals surface area contributed by atoms with Crippen molar-refractivity contribution in [1.82, 2.24) is 20.3 Å². The average Bonchev–Trinajstić information content (AvgIpc) is 2.93. The predicted octanol–water partition coefficient (Wildman–Crippen LogP) is 2.53. The van der Waals surface area contributed by atoms with Crippen molar-refractivity contribution in [3.63, 3.8) is 0 Å². The zero-order chi connectivity index (χ0) is 13.1. The molecule has 0 aliphatic rings. The van der Waals surface area contributed by atoms with Crippen LogP contribution in [-0.4, -0.2) is 21.5 Å². The zero-order valence-electron chi connectivity index (χ0n) is 10.9. The van der Waals surface area contributed by atoms with E-state index in [1.165, 1.54) is 10.8 Å². The highest BCUT2D eigenvalue weighted by molar-refractivity contribution is 5.89. The molecule has 1 N–H and O–H groups in total. The van der Waals surface area contributed by atoms with Crippen molar-refractivity contribution in [2.24, 2.45) is 0 Å². The van der Waals surface area contributed by atoms with Crippen molar-refractivity contribution in [2.75, 3.05) is 6.54 Å². The maximum Gasteiger partial charge on any atom is 0.0969 e. The number of aromatic nitrogens is 3. The first-order chi connectivity index (χ1) is 9.38. The first kappa shape index (κ1) is 11.9. The summed E-state index contributed by atoms with van der Waals surface area (Å²) in [6, 6.07) is 14.5. The van der Waals surface area contributed by atoms with Crippen LogP contribution < -0.4 is 5.32 Å². The molecule has 0 amide bonds. The van der Waals surface area contributed by atoms with Crippen LogP contribution in [0, 0.1) is 0 Å². The van der Waals surface area contributed by atoms with Crippen LogP contribution >= 0.6 is 0 Å². The van der Waals surface area contributed by atoms with Crippen LogP contribution in [0.5, 0.6) is 0 Å². The van der Waals surface area contributed by atoms with Crippen LogP contribution in [0.3, 0.4) is 0 Å². The molecule has 0 aliphatic carbocycles. The topological polar surface area (TPSA) is 42.7 Å². The second-order valence-electron chi connectivity index (χ2n) is 4.43. The zero-order valence-corrected chi connectivity index (χ0v) is 10.9. The third-order valence-electron chi connectivity index (χ3n) is 3.11. The molecule has 0 saturated carbocycles. The Hall–Kier alpha value is -2.20. The smallest absolute Gasteiger partial charge is 0.0969 e. The molecule has 3 aromatic rings. The Labute approximate surface area is 112 Å². The molecule has 0 saturated heterocycles. The van der Waals surface area contributed by atoms with E-state index in [0.717, 1.165) is 24.5 Å². The summed E-state index contributed by atoms with van der Waals surface area (Å²) in [6.45, 7) is 3.76. The molecule has 19 heavy (non-hydrogen) atoms. The molecule has 0 radical (unpaired) electrons.